The van der Waals surface area contributed by atoms with Gasteiger partial charge in [-0.1, -0.05) is 42.5 Å². The predicted octanol–water partition coefficient (Wildman–Crippen LogP) is 0.214. The van der Waals surface area contributed by atoms with Crippen LogP contribution in [0, 0.1) is 0 Å². The van der Waals surface area contributed by atoms with Gasteiger partial charge in [-0.3, -0.25) is 9.36 Å². The zero-order chi connectivity index (χ0) is 18.5. The molecule has 0 aliphatic carbocycles. The highest BCUT2D eigenvalue weighted by molar-refractivity contribution is 5.77. The molecule has 2 aromatic carbocycles. The Kier molecular flexibility index (Phi) is 5.81. The highest BCUT2D eigenvalue weighted by Crippen LogP contribution is 2.13. The van der Waals surface area contributed by atoms with Crippen molar-refractivity contribution >= 4 is 10.9 Å². The fraction of sp³-hybridized carbons (Fsp3) is 0.333. The summed E-state index contributed by atoms with van der Waals surface area (Å²) in [5.74, 6) is 0.839. The van der Waals surface area contributed by atoms with E-state index in [0.717, 1.165) is 30.0 Å². The predicted molar refractivity (Wildman–Crippen MR) is 104 cm³/mol. The molecule has 0 aliphatic heterocycles. The van der Waals surface area contributed by atoms with Crippen LogP contribution in [0.3, 0.4) is 0 Å². The summed E-state index contributed by atoms with van der Waals surface area (Å²) in [5.41, 5.74) is 1.92. The first kappa shape index (κ1) is 18.3. The number of hydrogen-bond donors (Lipinski definition) is 2. The Balaban J connectivity index is 2.01. The van der Waals surface area contributed by atoms with Crippen molar-refractivity contribution in [3.63, 3.8) is 0 Å². The van der Waals surface area contributed by atoms with Crippen LogP contribution >= 0.6 is 0 Å². The molecule has 5 heteroatoms. The molecule has 0 saturated carbocycles. The number of nitrogens with zero attached hydrogens (tertiary/aromatic N) is 2. The largest absolute Gasteiger partial charge is 0.335 e. The van der Waals surface area contributed by atoms with Crippen molar-refractivity contribution in [2.45, 2.75) is 19.5 Å². The minimum absolute atomic E-state index is 0.0351. The van der Waals surface area contributed by atoms with E-state index in [2.05, 4.69) is 38.5 Å². The molecule has 5 nitrogen and oxygen atoms in total. The van der Waals surface area contributed by atoms with Crippen LogP contribution < -0.4 is 15.8 Å². The molecule has 0 bridgehead atoms. The van der Waals surface area contributed by atoms with E-state index in [9.17, 15) is 4.79 Å². The van der Waals surface area contributed by atoms with Crippen LogP contribution in [0.1, 0.15) is 24.4 Å². The summed E-state index contributed by atoms with van der Waals surface area (Å²) < 4.78 is 1.83. The van der Waals surface area contributed by atoms with E-state index in [1.807, 2.05) is 47.0 Å². The Morgan fingerprint density at radius 3 is 2.50 bits per heavy atom. The smallest absolute Gasteiger partial charge is 0.261 e. The summed E-state index contributed by atoms with van der Waals surface area (Å²) in [5, 5.41) is 2.95. The van der Waals surface area contributed by atoms with Gasteiger partial charge >= 0.3 is 0 Å². The van der Waals surface area contributed by atoms with Gasteiger partial charge in [-0.15, -0.1) is 0 Å². The Hall–Kier alpha value is -2.50. The summed E-state index contributed by atoms with van der Waals surface area (Å²) in [6.45, 7) is 4.74. The molecule has 1 atom stereocenters. The molecule has 26 heavy (non-hydrogen) atoms. The standard InChI is InChI=1S/C21H26N4O/c1-16(22-13-14-24(2)3)20-23-19-12-8-7-11-18(19)21(26)25(20)15-17-9-5-4-6-10-17/h4-12,16,22H,13-15H2,1-3H3/p+2/t16-/m1/s1. The zero-order valence-corrected chi connectivity index (χ0v) is 15.8. The number of rotatable bonds is 7. The first-order valence-electron chi connectivity index (χ1n) is 9.22. The van der Waals surface area contributed by atoms with Gasteiger partial charge in [0.1, 0.15) is 19.1 Å². The molecule has 3 rings (SSSR count). The van der Waals surface area contributed by atoms with Gasteiger partial charge in [-0.05, 0) is 24.6 Å². The highest BCUT2D eigenvalue weighted by atomic mass is 16.1. The fourth-order valence-corrected chi connectivity index (χ4v) is 3.18. The number of aromatic nitrogens is 2. The maximum absolute atomic E-state index is 13.1. The Morgan fingerprint density at radius 1 is 1.08 bits per heavy atom. The molecule has 136 valence electrons. The number of likely N-dealkylation sites (N-methyl/N-ethyl adjacent to an activating group) is 1. The number of hydrogen-bond acceptors (Lipinski definition) is 2. The number of quaternary nitrogens is 2. The number of fused-ring (bicyclic) bond motifs is 1. The quantitative estimate of drug-likeness (QED) is 0.639. The molecule has 0 aliphatic rings. The van der Waals surface area contributed by atoms with Gasteiger partial charge in [0.15, 0.2) is 5.82 Å². The Bertz CT molecular complexity index is 918. The van der Waals surface area contributed by atoms with Crippen molar-refractivity contribution in [1.29, 1.82) is 0 Å². The minimum atomic E-state index is 0.0351. The van der Waals surface area contributed by atoms with Gasteiger partial charge in [-0.25, -0.2) is 4.98 Å². The molecule has 1 heterocycles. The van der Waals surface area contributed by atoms with Crippen LogP contribution in [0.15, 0.2) is 59.4 Å². The van der Waals surface area contributed by atoms with Gasteiger partial charge < -0.3 is 10.2 Å². The molecular weight excluding hydrogens is 324 g/mol. The molecule has 0 saturated heterocycles. The van der Waals surface area contributed by atoms with Crippen molar-refractivity contribution in [3.05, 3.63) is 76.3 Å². The number of nitrogens with two attached hydrogens (primary N) is 1. The third-order valence-corrected chi connectivity index (χ3v) is 4.65. The Labute approximate surface area is 154 Å². The van der Waals surface area contributed by atoms with Gasteiger partial charge in [0, 0.05) is 0 Å². The van der Waals surface area contributed by atoms with Crippen molar-refractivity contribution < 1.29 is 10.2 Å². The average Bonchev–Trinajstić information content (AvgIpc) is 2.64. The highest BCUT2D eigenvalue weighted by Gasteiger charge is 2.19. The lowest BCUT2D eigenvalue weighted by molar-refractivity contribution is -0.877. The topological polar surface area (TPSA) is 55.9 Å². The van der Waals surface area contributed by atoms with E-state index < -0.39 is 0 Å². The number of nitrogens with one attached hydrogen (secondary N) is 1. The molecule has 0 amide bonds. The first-order chi connectivity index (χ1) is 12.6. The van der Waals surface area contributed by atoms with E-state index in [1.54, 1.807) is 0 Å². The van der Waals surface area contributed by atoms with Crippen LogP contribution in [0.5, 0.6) is 0 Å². The second kappa shape index (κ2) is 8.25. The molecule has 0 spiro atoms. The third-order valence-electron chi connectivity index (χ3n) is 4.65. The van der Waals surface area contributed by atoms with Crippen molar-refractivity contribution in [3.8, 4) is 0 Å². The first-order valence-corrected chi connectivity index (χ1v) is 9.22. The zero-order valence-electron chi connectivity index (χ0n) is 15.8. The van der Waals surface area contributed by atoms with Gasteiger partial charge in [0.05, 0.1) is 31.5 Å². The second-order valence-electron chi connectivity index (χ2n) is 7.13. The molecule has 0 unspecified atom stereocenters. The van der Waals surface area contributed by atoms with Crippen LogP contribution in [-0.4, -0.2) is 36.7 Å². The number of benzene rings is 2. The van der Waals surface area contributed by atoms with E-state index in [-0.39, 0.29) is 11.6 Å². The second-order valence-corrected chi connectivity index (χ2v) is 7.13. The average molecular weight is 352 g/mol. The third kappa shape index (κ3) is 4.18. The van der Waals surface area contributed by atoms with Gasteiger partial charge in [0.25, 0.3) is 5.56 Å². The molecule has 0 fully saturated rings. The number of para-hydroxylation sites is 1. The monoisotopic (exact) mass is 352 g/mol. The van der Waals surface area contributed by atoms with E-state index in [0.29, 0.717) is 11.9 Å². The van der Waals surface area contributed by atoms with Crippen molar-refractivity contribution in [1.82, 2.24) is 9.55 Å². The Morgan fingerprint density at radius 2 is 1.77 bits per heavy atom. The summed E-state index contributed by atoms with van der Waals surface area (Å²) >= 11 is 0. The van der Waals surface area contributed by atoms with E-state index in [4.69, 9.17) is 4.98 Å². The fourth-order valence-electron chi connectivity index (χ4n) is 3.18. The van der Waals surface area contributed by atoms with Gasteiger partial charge in [-0.2, -0.15) is 0 Å². The summed E-state index contributed by atoms with van der Waals surface area (Å²) in [6, 6.07) is 17.8. The van der Waals surface area contributed by atoms with E-state index in [1.165, 1.54) is 4.90 Å². The van der Waals surface area contributed by atoms with Crippen LogP contribution in [0.4, 0.5) is 0 Å². The summed E-state index contributed by atoms with van der Waals surface area (Å²) in [6.07, 6.45) is 0. The maximum Gasteiger partial charge on any atom is 0.261 e. The van der Waals surface area contributed by atoms with Crippen LogP contribution in [0.2, 0.25) is 0 Å². The van der Waals surface area contributed by atoms with Crippen LogP contribution in [0.25, 0.3) is 10.9 Å². The lowest BCUT2D eigenvalue weighted by Crippen LogP contribution is -3.09. The lowest BCUT2D eigenvalue weighted by atomic mass is 10.2. The van der Waals surface area contributed by atoms with Crippen LogP contribution in [-0.2, 0) is 6.54 Å². The molecule has 3 N–H and O–H groups in total. The van der Waals surface area contributed by atoms with Gasteiger partial charge in [0.2, 0.25) is 0 Å². The molecular formula is C21H28N4O+2. The van der Waals surface area contributed by atoms with Crippen molar-refractivity contribution in [2.24, 2.45) is 0 Å². The maximum atomic E-state index is 13.1. The lowest BCUT2D eigenvalue weighted by Gasteiger charge is -2.18. The summed E-state index contributed by atoms with van der Waals surface area (Å²) in [4.78, 5) is 19.4. The summed E-state index contributed by atoms with van der Waals surface area (Å²) in [7, 11) is 4.30. The molecule has 1 aromatic heterocycles. The SMILES string of the molecule is C[C@@H]([NH2+]CC[NH+](C)C)c1nc2ccccc2c(=O)n1Cc1ccccc1. The molecule has 3 aromatic rings. The van der Waals surface area contributed by atoms with Crippen molar-refractivity contribution in [2.75, 3.05) is 27.2 Å². The molecule has 0 radical (unpaired) electrons. The normalized spacial score (nSPS) is 12.6. The minimum Gasteiger partial charge on any atom is -0.335 e. The van der Waals surface area contributed by atoms with E-state index >= 15 is 0 Å².